The number of carbonyl (C=O) groups excluding carboxylic acids is 2. The highest BCUT2D eigenvalue weighted by Gasteiger charge is 2.40. The molecule has 2 saturated carbocycles. The zero-order valence-electron chi connectivity index (χ0n) is 12.8. The standard InChI is InChI=1S/C18H23NO3/c20-17(19-11-13-4-2-1-3-5-13)12-22-18(21)10-16-9-14-6-7-15(16)8-14/h1-5,14-16H,6-12H2,(H,19,20)/t14-,15+,16-/m0/s1. The van der Waals surface area contributed by atoms with Crippen molar-refractivity contribution in [1.82, 2.24) is 5.32 Å². The molecule has 4 nitrogen and oxygen atoms in total. The molecule has 1 N–H and O–H groups in total. The summed E-state index contributed by atoms with van der Waals surface area (Å²) >= 11 is 0. The van der Waals surface area contributed by atoms with Crippen LogP contribution in [0.2, 0.25) is 0 Å². The third-order valence-corrected chi connectivity index (χ3v) is 5.01. The fourth-order valence-corrected chi connectivity index (χ4v) is 3.89. The van der Waals surface area contributed by atoms with Gasteiger partial charge in [0.1, 0.15) is 0 Å². The number of hydrogen-bond acceptors (Lipinski definition) is 3. The Balaban J connectivity index is 1.33. The molecule has 118 valence electrons. The molecule has 2 bridgehead atoms. The van der Waals surface area contributed by atoms with Crippen LogP contribution in [0, 0.1) is 17.8 Å². The van der Waals surface area contributed by atoms with E-state index < -0.39 is 0 Å². The number of carbonyl (C=O) groups is 2. The Morgan fingerprint density at radius 2 is 1.95 bits per heavy atom. The number of benzene rings is 1. The molecule has 2 aliphatic carbocycles. The van der Waals surface area contributed by atoms with Crippen LogP contribution >= 0.6 is 0 Å². The van der Waals surface area contributed by atoms with Crippen LogP contribution in [0.1, 0.15) is 37.7 Å². The third-order valence-electron chi connectivity index (χ3n) is 5.01. The monoisotopic (exact) mass is 301 g/mol. The van der Waals surface area contributed by atoms with Crippen LogP contribution in [0.15, 0.2) is 30.3 Å². The van der Waals surface area contributed by atoms with Crippen LogP contribution in [0.4, 0.5) is 0 Å². The molecule has 0 saturated heterocycles. The summed E-state index contributed by atoms with van der Waals surface area (Å²) in [4.78, 5) is 23.5. The molecule has 22 heavy (non-hydrogen) atoms. The minimum absolute atomic E-state index is 0.174. The molecular weight excluding hydrogens is 278 g/mol. The number of nitrogens with one attached hydrogen (secondary N) is 1. The van der Waals surface area contributed by atoms with Crippen molar-refractivity contribution in [3.63, 3.8) is 0 Å². The molecule has 0 spiro atoms. The van der Waals surface area contributed by atoms with Crippen LogP contribution in [0.25, 0.3) is 0 Å². The van der Waals surface area contributed by atoms with Gasteiger partial charge in [-0.25, -0.2) is 0 Å². The zero-order valence-corrected chi connectivity index (χ0v) is 12.8. The molecule has 4 heteroatoms. The van der Waals surface area contributed by atoms with Gasteiger partial charge >= 0.3 is 5.97 Å². The lowest BCUT2D eigenvalue weighted by Gasteiger charge is -2.20. The van der Waals surface area contributed by atoms with Gasteiger partial charge in [0.05, 0.1) is 0 Å². The quantitative estimate of drug-likeness (QED) is 0.822. The van der Waals surface area contributed by atoms with E-state index in [1.54, 1.807) is 0 Å². The zero-order chi connectivity index (χ0) is 15.4. The maximum Gasteiger partial charge on any atom is 0.306 e. The van der Waals surface area contributed by atoms with Crippen molar-refractivity contribution in [1.29, 1.82) is 0 Å². The smallest absolute Gasteiger partial charge is 0.306 e. The average molecular weight is 301 g/mol. The van der Waals surface area contributed by atoms with Crippen molar-refractivity contribution in [2.75, 3.05) is 6.61 Å². The second kappa shape index (κ2) is 6.95. The summed E-state index contributed by atoms with van der Waals surface area (Å²) in [6.07, 6.45) is 5.53. The van der Waals surface area contributed by atoms with Gasteiger partial charge in [-0.3, -0.25) is 9.59 Å². The number of amides is 1. The molecule has 3 atom stereocenters. The SMILES string of the molecule is O=C(COC(=O)C[C@@H]1C[C@H]2CC[C@@H]1C2)NCc1ccccc1. The first kappa shape index (κ1) is 15.1. The van der Waals surface area contributed by atoms with Crippen LogP contribution in [-0.2, 0) is 20.9 Å². The van der Waals surface area contributed by atoms with E-state index in [1.165, 1.54) is 25.7 Å². The van der Waals surface area contributed by atoms with Crippen molar-refractivity contribution in [3.8, 4) is 0 Å². The minimum atomic E-state index is -0.245. The van der Waals surface area contributed by atoms with Crippen LogP contribution in [0.5, 0.6) is 0 Å². The lowest BCUT2D eigenvalue weighted by atomic mass is 9.86. The first-order valence-electron chi connectivity index (χ1n) is 8.17. The molecule has 2 aliphatic rings. The maximum atomic E-state index is 11.9. The van der Waals surface area contributed by atoms with Crippen LogP contribution < -0.4 is 5.32 Å². The third kappa shape index (κ3) is 3.87. The highest BCUT2D eigenvalue weighted by molar-refractivity contribution is 5.80. The molecule has 1 aromatic carbocycles. The van der Waals surface area contributed by atoms with E-state index in [9.17, 15) is 9.59 Å². The predicted molar refractivity (Wildman–Crippen MR) is 82.8 cm³/mol. The normalized spacial score (nSPS) is 25.9. The first-order chi connectivity index (χ1) is 10.7. The van der Waals surface area contributed by atoms with E-state index in [2.05, 4.69) is 5.32 Å². The highest BCUT2D eigenvalue weighted by atomic mass is 16.5. The van der Waals surface area contributed by atoms with Crippen molar-refractivity contribution < 1.29 is 14.3 Å². The fraction of sp³-hybridized carbons (Fsp3) is 0.556. The van der Waals surface area contributed by atoms with Gasteiger partial charge in [-0.15, -0.1) is 0 Å². The van der Waals surface area contributed by atoms with Gasteiger partial charge in [0.15, 0.2) is 6.61 Å². The minimum Gasteiger partial charge on any atom is -0.456 e. The van der Waals surface area contributed by atoms with Gasteiger partial charge < -0.3 is 10.1 Å². The van der Waals surface area contributed by atoms with E-state index in [-0.39, 0.29) is 18.5 Å². The summed E-state index contributed by atoms with van der Waals surface area (Å²) in [5.41, 5.74) is 1.03. The number of hydrogen-bond donors (Lipinski definition) is 1. The summed E-state index contributed by atoms with van der Waals surface area (Å²) < 4.78 is 5.11. The second-order valence-corrected chi connectivity index (χ2v) is 6.56. The Bertz CT molecular complexity index is 528. The van der Waals surface area contributed by atoms with E-state index in [4.69, 9.17) is 4.74 Å². The number of rotatable bonds is 6. The van der Waals surface area contributed by atoms with Crippen LogP contribution in [-0.4, -0.2) is 18.5 Å². The molecule has 0 heterocycles. The van der Waals surface area contributed by atoms with Crippen molar-refractivity contribution in [3.05, 3.63) is 35.9 Å². The van der Waals surface area contributed by atoms with Crippen molar-refractivity contribution >= 4 is 11.9 Å². The molecule has 2 fully saturated rings. The first-order valence-corrected chi connectivity index (χ1v) is 8.17. The van der Waals surface area contributed by atoms with Crippen molar-refractivity contribution in [2.24, 2.45) is 17.8 Å². The predicted octanol–water partition coefficient (Wildman–Crippen LogP) is 2.67. The van der Waals surface area contributed by atoms with Gasteiger partial charge in [0.2, 0.25) is 0 Å². The summed E-state index contributed by atoms with van der Waals surface area (Å²) in [5, 5.41) is 2.76. The highest BCUT2D eigenvalue weighted by Crippen LogP contribution is 2.49. The molecule has 1 aromatic rings. The van der Waals surface area contributed by atoms with E-state index in [0.717, 1.165) is 11.5 Å². The molecular formula is C18H23NO3. The maximum absolute atomic E-state index is 11.9. The summed E-state index contributed by atoms with van der Waals surface area (Å²) in [6.45, 7) is 0.288. The van der Waals surface area contributed by atoms with E-state index in [0.29, 0.717) is 24.8 Å². The largest absolute Gasteiger partial charge is 0.456 e. The molecule has 0 unspecified atom stereocenters. The van der Waals surface area contributed by atoms with Crippen molar-refractivity contribution in [2.45, 2.75) is 38.6 Å². The summed E-state index contributed by atoms with van der Waals surface area (Å²) in [7, 11) is 0. The summed E-state index contributed by atoms with van der Waals surface area (Å²) in [6, 6.07) is 9.68. The number of esters is 1. The van der Waals surface area contributed by atoms with Gasteiger partial charge in [0.25, 0.3) is 5.91 Å². The Morgan fingerprint density at radius 3 is 2.64 bits per heavy atom. The second-order valence-electron chi connectivity index (χ2n) is 6.56. The lowest BCUT2D eigenvalue weighted by Crippen LogP contribution is -2.29. The number of fused-ring (bicyclic) bond motifs is 2. The lowest BCUT2D eigenvalue weighted by molar-refractivity contribution is -0.149. The molecule has 0 aliphatic heterocycles. The van der Waals surface area contributed by atoms with Crippen LogP contribution in [0.3, 0.4) is 0 Å². The van der Waals surface area contributed by atoms with Gasteiger partial charge in [0, 0.05) is 13.0 Å². The van der Waals surface area contributed by atoms with Gasteiger partial charge in [-0.1, -0.05) is 36.8 Å². The average Bonchev–Trinajstić information content (AvgIpc) is 3.14. The molecule has 3 rings (SSSR count). The Hall–Kier alpha value is -1.84. The Morgan fingerprint density at radius 1 is 1.14 bits per heavy atom. The molecule has 1 amide bonds. The van der Waals surface area contributed by atoms with Gasteiger partial charge in [-0.2, -0.15) is 0 Å². The topological polar surface area (TPSA) is 55.4 Å². The number of ether oxygens (including phenoxy) is 1. The molecule has 0 radical (unpaired) electrons. The fourth-order valence-electron chi connectivity index (χ4n) is 3.89. The van der Waals surface area contributed by atoms with E-state index in [1.807, 2.05) is 30.3 Å². The Labute approximate surface area is 131 Å². The van der Waals surface area contributed by atoms with Gasteiger partial charge in [-0.05, 0) is 42.6 Å². The summed E-state index contributed by atoms with van der Waals surface area (Å²) in [5.74, 6) is 1.55. The molecule has 0 aromatic heterocycles. The Kier molecular flexibility index (Phi) is 4.76. The van der Waals surface area contributed by atoms with E-state index >= 15 is 0 Å².